The van der Waals surface area contributed by atoms with E-state index in [1.807, 2.05) is 64.2 Å². The minimum atomic E-state index is -0.523. The van der Waals surface area contributed by atoms with Gasteiger partial charge in [-0.3, -0.25) is 9.47 Å². The van der Waals surface area contributed by atoms with E-state index in [0.29, 0.717) is 11.6 Å². The van der Waals surface area contributed by atoms with Crippen LogP contribution in [0.2, 0.25) is 0 Å². The summed E-state index contributed by atoms with van der Waals surface area (Å²) >= 11 is 0. The molecule has 0 radical (unpaired) electrons. The van der Waals surface area contributed by atoms with E-state index in [2.05, 4.69) is 15.0 Å². The zero-order valence-corrected chi connectivity index (χ0v) is 24.7. The molecule has 0 atom stereocenters. The van der Waals surface area contributed by atoms with E-state index in [9.17, 15) is 9.59 Å². The number of nitrogens with zero attached hydrogens (tertiary/aromatic N) is 2. The molecule has 0 unspecified atom stereocenters. The van der Waals surface area contributed by atoms with Crippen LogP contribution >= 0.6 is 0 Å². The van der Waals surface area contributed by atoms with E-state index in [1.54, 1.807) is 17.7 Å². The highest BCUT2D eigenvalue weighted by Gasteiger charge is 2.23. The van der Waals surface area contributed by atoms with Crippen LogP contribution in [0.1, 0.15) is 74.4 Å². The number of hydrogen-bond acceptors (Lipinski definition) is 7. The van der Waals surface area contributed by atoms with Crippen LogP contribution in [0.4, 0.5) is 10.5 Å². The van der Waals surface area contributed by atoms with Crippen molar-refractivity contribution < 1.29 is 23.8 Å². The van der Waals surface area contributed by atoms with E-state index in [0.717, 1.165) is 53.1 Å². The Morgan fingerprint density at radius 3 is 2.38 bits per heavy atom. The van der Waals surface area contributed by atoms with Gasteiger partial charge in [-0.25, -0.2) is 9.59 Å². The molecule has 5 rings (SSSR count). The zero-order chi connectivity index (χ0) is 28.9. The molecule has 8 nitrogen and oxygen atoms in total. The van der Waals surface area contributed by atoms with E-state index < -0.39 is 5.60 Å². The molecule has 2 aliphatic rings. The Hall–Kier alpha value is -3.52. The van der Waals surface area contributed by atoms with Gasteiger partial charge in [-0.05, 0) is 102 Å². The van der Waals surface area contributed by atoms with Gasteiger partial charge in [0, 0.05) is 35.4 Å². The number of piperidine rings is 1. The molecule has 0 spiro atoms. The zero-order valence-electron chi connectivity index (χ0n) is 24.7. The fraction of sp³-hybridized carbons (Fsp3) is 0.500. The molecule has 1 aliphatic carbocycles. The van der Waals surface area contributed by atoms with Crippen molar-refractivity contribution in [2.75, 3.05) is 32.6 Å². The molecule has 2 heterocycles. The van der Waals surface area contributed by atoms with Crippen molar-refractivity contribution in [3.8, 4) is 5.75 Å². The van der Waals surface area contributed by atoms with Gasteiger partial charge in [0.15, 0.2) is 0 Å². The Kier molecular flexibility index (Phi) is 9.40. The number of fused-ring (bicyclic) bond motifs is 1. The maximum absolute atomic E-state index is 12.6. The Bertz CT molecular complexity index is 1330. The normalized spacial score (nSPS) is 15.7. The molecule has 1 aliphatic heterocycles. The molecular formula is C32H43N3O5. The van der Waals surface area contributed by atoms with Crippen molar-refractivity contribution in [1.82, 2.24) is 9.47 Å². The Morgan fingerprint density at radius 1 is 1.02 bits per heavy atom. The van der Waals surface area contributed by atoms with Crippen LogP contribution in [-0.4, -0.2) is 60.5 Å². The molecule has 1 saturated heterocycles. The standard InChI is InChI=1S/C21H30N2O3.C11H13NO2/c1-15-13-18(25-5)17(14-22-10-7-6-8-11-22)16-9-12-23(19(15)16)20(24)26-21(2,3)4;1-14-11(13)8-3-2-4-10(7-8)12-9-5-6-9/h9,12-13H,6-8,10-11,14H2,1-5H3;2-4,7,9,12H,5-6H2,1H3. The number of anilines is 1. The maximum Gasteiger partial charge on any atom is 0.419 e. The molecule has 1 aromatic heterocycles. The third-order valence-electron chi connectivity index (χ3n) is 7.10. The summed E-state index contributed by atoms with van der Waals surface area (Å²) in [5, 5.41) is 4.40. The number of hydrogen-bond donors (Lipinski definition) is 1. The number of methoxy groups -OCH3 is 2. The van der Waals surface area contributed by atoms with Gasteiger partial charge in [0.1, 0.15) is 11.4 Å². The van der Waals surface area contributed by atoms with Gasteiger partial charge in [-0.15, -0.1) is 0 Å². The van der Waals surface area contributed by atoms with Crippen LogP contribution in [0.3, 0.4) is 0 Å². The van der Waals surface area contributed by atoms with E-state index in [4.69, 9.17) is 9.47 Å². The van der Waals surface area contributed by atoms with Gasteiger partial charge in [-0.1, -0.05) is 12.5 Å². The number of aromatic nitrogens is 1. The Labute approximate surface area is 237 Å². The predicted octanol–water partition coefficient (Wildman–Crippen LogP) is 6.77. The second-order valence-electron chi connectivity index (χ2n) is 11.6. The minimum Gasteiger partial charge on any atom is -0.496 e. The lowest BCUT2D eigenvalue weighted by Gasteiger charge is -2.27. The Morgan fingerprint density at radius 2 is 1.75 bits per heavy atom. The van der Waals surface area contributed by atoms with Crippen molar-refractivity contribution in [2.45, 2.75) is 78.0 Å². The van der Waals surface area contributed by atoms with Crippen molar-refractivity contribution in [2.24, 2.45) is 0 Å². The van der Waals surface area contributed by atoms with E-state index in [-0.39, 0.29) is 12.1 Å². The molecule has 0 amide bonds. The van der Waals surface area contributed by atoms with Crippen LogP contribution in [0.15, 0.2) is 42.6 Å². The lowest BCUT2D eigenvalue weighted by molar-refractivity contribution is 0.0542. The molecule has 2 aromatic carbocycles. The average Bonchev–Trinajstić information content (AvgIpc) is 3.62. The van der Waals surface area contributed by atoms with Gasteiger partial charge < -0.3 is 19.5 Å². The largest absolute Gasteiger partial charge is 0.496 e. The highest BCUT2D eigenvalue weighted by Crippen LogP contribution is 2.34. The van der Waals surface area contributed by atoms with E-state index in [1.165, 1.54) is 39.2 Å². The number of rotatable bonds is 6. The van der Waals surface area contributed by atoms with Crippen molar-refractivity contribution >= 4 is 28.7 Å². The molecular weight excluding hydrogens is 506 g/mol. The number of esters is 1. The third-order valence-corrected chi connectivity index (χ3v) is 7.10. The highest BCUT2D eigenvalue weighted by molar-refractivity contribution is 5.95. The smallest absolute Gasteiger partial charge is 0.419 e. The minimum absolute atomic E-state index is 0.288. The van der Waals surface area contributed by atoms with Crippen LogP contribution in [-0.2, 0) is 16.0 Å². The molecule has 40 heavy (non-hydrogen) atoms. The van der Waals surface area contributed by atoms with Crippen LogP contribution < -0.4 is 10.1 Å². The highest BCUT2D eigenvalue weighted by atomic mass is 16.6. The van der Waals surface area contributed by atoms with Crippen molar-refractivity contribution in [3.05, 3.63) is 59.3 Å². The summed E-state index contributed by atoms with van der Waals surface area (Å²) in [6, 6.07) is 12.0. The number of nitrogens with one attached hydrogen (secondary N) is 1. The summed E-state index contributed by atoms with van der Waals surface area (Å²) in [5.74, 6) is 0.604. The first kappa shape index (κ1) is 29.5. The fourth-order valence-corrected chi connectivity index (χ4v) is 5.03. The van der Waals surface area contributed by atoms with Gasteiger partial charge in [0.05, 0.1) is 25.3 Å². The quantitative estimate of drug-likeness (QED) is 0.340. The van der Waals surface area contributed by atoms with Crippen LogP contribution in [0.25, 0.3) is 10.9 Å². The van der Waals surface area contributed by atoms with Gasteiger partial charge in [0.25, 0.3) is 0 Å². The summed E-state index contributed by atoms with van der Waals surface area (Å²) in [6.45, 7) is 10.7. The lowest BCUT2D eigenvalue weighted by atomic mass is 10.0. The molecule has 216 valence electrons. The number of carbonyl (C=O) groups excluding carboxylic acids is 2. The maximum atomic E-state index is 12.6. The number of carbonyl (C=O) groups is 2. The van der Waals surface area contributed by atoms with Crippen molar-refractivity contribution in [1.29, 1.82) is 0 Å². The van der Waals surface area contributed by atoms with Crippen LogP contribution in [0.5, 0.6) is 5.75 Å². The monoisotopic (exact) mass is 549 g/mol. The molecule has 8 heteroatoms. The number of ether oxygens (including phenoxy) is 3. The molecule has 1 saturated carbocycles. The second kappa shape index (κ2) is 12.8. The number of likely N-dealkylation sites (tertiary alicyclic amines) is 1. The summed E-state index contributed by atoms with van der Waals surface area (Å²) in [4.78, 5) is 26.3. The Balaban J connectivity index is 0.000000222. The molecule has 0 bridgehead atoms. The molecule has 2 fully saturated rings. The summed E-state index contributed by atoms with van der Waals surface area (Å²) < 4.78 is 17.5. The summed E-state index contributed by atoms with van der Waals surface area (Å²) in [7, 11) is 3.11. The van der Waals surface area contributed by atoms with Gasteiger partial charge in [0.2, 0.25) is 0 Å². The average molecular weight is 550 g/mol. The van der Waals surface area contributed by atoms with Gasteiger partial charge >= 0.3 is 12.1 Å². The van der Waals surface area contributed by atoms with Gasteiger partial charge in [-0.2, -0.15) is 0 Å². The SMILES string of the molecule is COC(=O)c1cccc(NC2CC2)c1.COc1cc(C)c2c(ccn2C(=O)OC(C)(C)C)c1CN1CCCCC1. The summed E-state index contributed by atoms with van der Waals surface area (Å²) in [5.41, 5.74) is 4.14. The van der Waals surface area contributed by atoms with Crippen molar-refractivity contribution in [3.63, 3.8) is 0 Å². The fourth-order valence-electron chi connectivity index (χ4n) is 5.03. The van der Waals surface area contributed by atoms with Crippen LogP contribution in [0, 0.1) is 6.92 Å². The number of aryl methyl sites for hydroxylation is 1. The first-order valence-electron chi connectivity index (χ1n) is 14.2. The first-order valence-corrected chi connectivity index (χ1v) is 14.2. The first-order chi connectivity index (χ1) is 19.1. The lowest BCUT2D eigenvalue weighted by Crippen LogP contribution is -2.29. The second-order valence-corrected chi connectivity index (χ2v) is 11.6. The number of benzene rings is 2. The topological polar surface area (TPSA) is 82.0 Å². The third kappa shape index (κ3) is 7.56. The molecule has 1 N–H and O–H groups in total. The molecule has 3 aromatic rings. The van der Waals surface area contributed by atoms with E-state index >= 15 is 0 Å². The predicted molar refractivity (Wildman–Crippen MR) is 158 cm³/mol. The summed E-state index contributed by atoms with van der Waals surface area (Å²) in [6.07, 6.45) is 7.72.